The van der Waals surface area contributed by atoms with E-state index in [1.54, 1.807) is 6.07 Å². The van der Waals surface area contributed by atoms with Gasteiger partial charge in [-0.05, 0) is 51.7 Å². The van der Waals surface area contributed by atoms with Gasteiger partial charge in [-0.3, -0.25) is 4.90 Å². The molecule has 1 N–H and O–H groups in total. The fraction of sp³-hybridized carbons (Fsp3) is 0.667. The average molecular weight is 323 g/mol. The van der Waals surface area contributed by atoms with Crippen molar-refractivity contribution in [3.8, 4) is 5.75 Å². The highest BCUT2D eigenvalue weighted by atomic mass is 19.1. The smallest absolute Gasteiger partial charge is 0.131 e. The number of hydrogen-bond donors (Lipinski definition) is 1. The van der Waals surface area contributed by atoms with Crippen LogP contribution in [0.15, 0.2) is 12.1 Å². The van der Waals surface area contributed by atoms with Gasteiger partial charge < -0.3 is 14.9 Å². The second-order valence-corrected chi connectivity index (χ2v) is 6.60. The largest absolute Gasteiger partial charge is 0.508 e. The van der Waals surface area contributed by atoms with Crippen LogP contribution in [0, 0.1) is 12.7 Å². The molecule has 1 fully saturated rings. The first kappa shape index (κ1) is 18.2. The Balaban J connectivity index is 1.80. The van der Waals surface area contributed by atoms with Crippen molar-refractivity contribution < 1.29 is 9.50 Å². The zero-order chi connectivity index (χ0) is 16.8. The summed E-state index contributed by atoms with van der Waals surface area (Å²) in [7, 11) is 2.17. The van der Waals surface area contributed by atoms with Gasteiger partial charge in [-0.1, -0.05) is 6.92 Å². The Morgan fingerprint density at radius 2 is 1.91 bits per heavy atom. The lowest BCUT2D eigenvalue weighted by atomic mass is 10.1. The minimum Gasteiger partial charge on any atom is -0.508 e. The van der Waals surface area contributed by atoms with E-state index in [1.165, 1.54) is 6.07 Å². The van der Waals surface area contributed by atoms with Crippen LogP contribution in [-0.4, -0.2) is 72.7 Å². The van der Waals surface area contributed by atoms with E-state index in [9.17, 15) is 9.50 Å². The van der Waals surface area contributed by atoms with E-state index in [0.29, 0.717) is 12.1 Å². The summed E-state index contributed by atoms with van der Waals surface area (Å²) in [6.07, 6.45) is 1.11. The number of benzene rings is 1. The van der Waals surface area contributed by atoms with Crippen LogP contribution in [0.3, 0.4) is 0 Å². The molecule has 5 heteroatoms. The van der Waals surface area contributed by atoms with Crippen molar-refractivity contribution in [3.63, 3.8) is 0 Å². The van der Waals surface area contributed by atoms with Gasteiger partial charge in [0.05, 0.1) is 0 Å². The van der Waals surface area contributed by atoms with Crippen LogP contribution in [0.1, 0.15) is 24.5 Å². The van der Waals surface area contributed by atoms with Gasteiger partial charge in [-0.15, -0.1) is 0 Å². The number of likely N-dealkylation sites (N-methyl/N-ethyl adjacent to an activating group) is 1. The van der Waals surface area contributed by atoms with Crippen LogP contribution >= 0.6 is 0 Å². The lowest BCUT2D eigenvalue weighted by Crippen LogP contribution is -2.45. The normalized spacial score (nSPS) is 17.1. The summed E-state index contributed by atoms with van der Waals surface area (Å²) in [6, 6.07) is 2.98. The quantitative estimate of drug-likeness (QED) is 0.834. The maximum absolute atomic E-state index is 14.0. The van der Waals surface area contributed by atoms with Crippen molar-refractivity contribution in [2.24, 2.45) is 0 Å². The third-order valence-corrected chi connectivity index (χ3v) is 4.75. The van der Waals surface area contributed by atoms with Crippen LogP contribution in [-0.2, 0) is 6.54 Å². The Labute approximate surface area is 139 Å². The molecule has 0 amide bonds. The van der Waals surface area contributed by atoms with Gasteiger partial charge in [-0.2, -0.15) is 0 Å². The second-order valence-electron chi connectivity index (χ2n) is 6.60. The van der Waals surface area contributed by atoms with Crippen molar-refractivity contribution in [1.82, 2.24) is 14.7 Å². The molecular formula is C18H30FN3O. The van der Waals surface area contributed by atoms with Crippen molar-refractivity contribution in [3.05, 3.63) is 29.1 Å². The summed E-state index contributed by atoms with van der Waals surface area (Å²) in [5.74, 6) is -0.282. The van der Waals surface area contributed by atoms with E-state index in [4.69, 9.17) is 0 Å². The highest BCUT2D eigenvalue weighted by Crippen LogP contribution is 2.21. The maximum Gasteiger partial charge on any atom is 0.131 e. The van der Waals surface area contributed by atoms with E-state index >= 15 is 0 Å². The molecule has 0 aliphatic carbocycles. The van der Waals surface area contributed by atoms with E-state index < -0.39 is 0 Å². The molecule has 0 aromatic heterocycles. The average Bonchev–Trinajstić information content (AvgIpc) is 2.53. The minimum absolute atomic E-state index is 0.0318. The zero-order valence-electron chi connectivity index (χ0n) is 14.7. The van der Waals surface area contributed by atoms with Crippen molar-refractivity contribution in [2.45, 2.75) is 26.8 Å². The highest BCUT2D eigenvalue weighted by molar-refractivity contribution is 5.36. The van der Waals surface area contributed by atoms with Crippen molar-refractivity contribution >= 4 is 0 Å². The van der Waals surface area contributed by atoms with Crippen LogP contribution in [0.25, 0.3) is 0 Å². The molecule has 1 heterocycles. The first-order valence-corrected chi connectivity index (χ1v) is 8.60. The molecule has 4 nitrogen and oxygen atoms in total. The van der Waals surface area contributed by atoms with Crippen LogP contribution in [0.5, 0.6) is 5.75 Å². The maximum atomic E-state index is 14.0. The Morgan fingerprint density at radius 3 is 2.57 bits per heavy atom. The van der Waals surface area contributed by atoms with Gasteiger partial charge in [0.1, 0.15) is 11.6 Å². The Morgan fingerprint density at radius 1 is 1.22 bits per heavy atom. The summed E-state index contributed by atoms with van der Waals surface area (Å²) in [6.45, 7) is 12.1. The van der Waals surface area contributed by atoms with Crippen LogP contribution < -0.4 is 0 Å². The Kier molecular flexibility index (Phi) is 6.81. The topological polar surface area (TPSA) is 30.0 Å². The molecule has 0 bridgehead atoms. The summed E-state index contributed by atoms with van der Waals surface area (Å²) in [5, 5.41) is 9.56. The number of phenolic OH excluding ortho intramolecular Hbond substituents is 1. The monoisotopic (exact) mass is 323 g/mol. The fourth-order valence-corrected chi connectivity index (χ4v) is 3.03. The van der Waals surface area contributed by atoms with Crippen molar-refractivity contribution in [2.75, 3.05) is 52.9 Å². The minimum atomic E-state index is -0.314. The predicted octanol–water partition coefficient (Wildman–Crippen LogP) is 2.30. The number of nitrogens with zero attached hydrogens (tertiary/aromatic N) is 3. The third kappa shape index (κ3) is 5.44. The van der Waals surface area contributed by atoms with Gasteiger partial charge in [0.2, 0.25) is 0 Å². The van der Waals surface area contributed by atoms with Gasteiger partial charge in [-0.25, -0.2) is 4.39 Å². The molecule has 0 atom stereocenters. The van der Waals surface area contributed by atoms with Gasteiger partial charge in [0.15, 0.2) is 0 Å². The SMILES string of the molecule is CCN(CCCN1CCN(C)CC1)Cc1cc(C)c(O)cc1F. The summed E-state index contributed by atoms with van der Waals surface area (Å²) in [4.78, 5) is 7.15. The van der Waals surface area contributed by atoms with Crippen LogP contribution in [0.4, 0.5) is 4.39 Å². The zero-order valence-corrected chi connectivity index (χ0v) is 14.7. The van der Waals surface area contributed by atoms with Gasteiger partial charge in [0, 0.05) is 44.4 Å². The first-order valence-electron chi connectivity index (χ1n) is 8.60. The lowest BCUT2D eigenvalue weighted by molar-refractivity contribution is 0.145. The molecule has 1 aliphatic rings. The Bertz CT molecular complexity index is 501. The standard InChI is InChI=1S/C18H30FN3O/c1-4-21(6-5-7-22-10-8-20(3)9-11-22)14-16-12-15(2)18(23)13-17(16)19/h12-13,23H,4-11,14H2,1-3H3. The molecule has 2 rings (SSSR count). The summed E-state index contributed by atoms with van der Waals surface area (Å²) < 4.78 is 14.0. The molecule has 130 valence electrons. The summed E-state index contributed by atoms with van der Waals surface area (Å²) >= 11 is 0. The molecule has 1 aliphatic heterocycles. The molecular weight excluding hydrogens is 293 g/mol. The highest BCUT2D eigenvalue weighted by Gasteiger charge is 2.14. The lowest BCUT2D eigenvalue weighted by Gasteiger charge is -2.32. The molecule has 0 spiro atoms. The first-order chi connectivity index (χ1) is 11.0. The molecule has 1 aromatic rings. The molecule has 0 radical (unpaired) electrons. The molecule has 0 unspecified atom stereocenters. The number of aryl methyl sites for hydroxylation is 1. The molecule has 0 saturated carbocycles. The molecule has 1 saturated heterocycles. The van der Waals surface area contributed by atoms with Gasteiger partial charge >= 0.3 is 0 Å². The molecule has 1 aromatic carbocycles. The second kappa shape index (κ2) is 8.62. The van der Waals surface area contributed by atoms with E-state index in [0.717, 1.165) is 57.8 Å². The number of piperazine rings is 1. The van der Waals surface area contributed by atoms with E-state index in [2.05, 4.69) is 28.7 Å². The predicted molar refractivity (Wildman–Crippen MR) is 92.3 cm³/mol. The third-order valence-electron chi connectivity index (χ3n) is 4.75. The van der Waals surface area contributed by atoms with Crippen LogP contribution in [0.2, 0.25) is 0 Å². The van der Waals surface area contributed by atoms with E-state index in [-0.39, 0.29) is 11.6 Å². The summed E-state index contributed by atoms with van der Waals surface area (Å²) in [5.41, 5.74) is 1.40. The number of phenols is 1. The fourth-order valence-electron chi connectivity index (χ4n) is 3.03. The molecule has 23 heavy (non-hydrogen) atoms. The number of aromatic hydroxyl groups is 1. The number of halogens is 1. The van der Waals surface area contributed by atoms with Crippen molar-refractivity contribution in [1.29, 1.82) is 0 Å². The Hall–Kier alpha value is -1.17. The van der Waals surface area contributed by atoms with Gasteiger partial charge in [0.25, 0.3) is 0 Å². The number of hydrogen-bond acceptors (Lipinski definition) is 4. The van der Waals surface area contributed by atoms with E-state index in [1.807, 2.05) is 6.92 Å². The number of rotatable bonds is 7.